The summed E-state index contributed by atoms with van der Waals surface area (Å²) in [6.07, 6.45) is 10.1. The van der Waals surface area contributed by atoms with Gasteiger partial charge in [-0.15, -0.1) is 5.92 Å². The van der Waals surface area contributed by atoms with Crippen LogP contribution in [0.4, 0.5) is 0 Å². The van der Waals surface area contributed by atoms with E-state index in [1.165, 1.54) is 38.5 Å². The highest BCUT2D eigenvalue weighted by Gasteiger charge is 2.22. The van der Waals surface area contributed by atoms with Crippen LogP contribution in [0.1, 0.15) is 92.9 Å². The van der Waals surface area contributed by atoms with Gasteiger partial charge in [-0.2, -0.15) is 0 Å². The summed E-state index contributed by atoms with van der Waals surface area (Å²) in [6.45, 7) is 13.5. The van der Waals surface area contributed by atoms with Gasteiger partial charge < -0.3 is 4.43 Å². The van der Waals surface area contributed by atoms with Crippen molar-refractivity contribution in [3.8, 4) is 11.8 Å². The maximum atomic E-state index is 6.15. The van der Waals surface area contributed by atoms with Crippen molar-refractivity contribution in [2.45, 2.75) is 104 Å². The molecule has 0 aliphatic rings. The van der Waals surface area contributed by atoms with Crippen LogP contribution in [0.5, 0.6) is 0 Å². The van der Waals surface area contributed by atoms with Gasteiger partial charge in [-0.3, -0.25) is 0 Å². The van der Waals surface area contributed by atoms with Crippen molar-refractivity contribution in [1.82, 2.24) is 0 Å². The van der Waals surface area contributed by atoms with E-state index in [0.29, 0.717) is 20.7 Å². The van der Waals surface area contributed by atoms with E-state index in [0.717, 1.165) is 12.8 Å². The maximum absolute atomic E-state index is 6.15. The molecule has 1 nitrogen and oxygen atoms in total. The summed E-state index contributed by atoms with van der Waals surface area (Å²) in [7, 11) is 0.560. The molecule has 0 aliphatic carbocycles. The lowest BCUT2D eigenvalue weighted by Crippen LogP contribution is -2.23. The number of hydrogen-bond donors (Lipinski definition) is 0. The van der Waals surface area contributed by atoms with Gasteiger partial charge in [0.1, 0.15) is 6.10 Å². The quantitative estimate of drug-likeness (QED) is 0.258. The van der Waals surface area contributed by atoms with Crippen molar-refractivity contribution < 1.29 is 4.43 Å². The molecule has 0 bridgehead atoms. The summed E-state index contributed by atoms with van der Waals surface area (Å²) in [4.78, 5) is 0. The van der Waals surface area contributed by atoms with E-state index in [1.54, 1.807) is 0 Å². The molecule has 2 radical (unpaired) electrons. The van der Waals surface area contributed by atoms with E-state index in [2.05, 4.69) is 53.4 Å². The largest absolute Gasteiger partial charge is 0.403 e. The molecular weight excluding hydrogens is 272 g/mol. The third-order valence-corrected chi connectivity index (χ3v) is 4.71. The normalized spacial score (nSPS) is 13.1. The van der Waals surface area contributed by atoms with Crippen LogP contribution in [0.25, 0.3) is 0 Å². The minimum absolute atomic E-state index is 0.127. The molecule has 0 spiro atoms. The molecule has 0 aromatic carbocycles. The Labute approximate surface area is 136 Å². The van der Waals surface area contributed by atoms with Gasteiger partial charge in [0.05, 0.1) is 0 Å². The lowest BCUT2D eigenvalue weighted by atomic mass is 10.0. The fraction of sp³-hybridized carbons (Fsp3) is 0.895. The van der Waals surface area contributed by atoms with E-state index >= 15 is 0 Å². The Hall–Kier alpha value is -0.263. The highest BCUT2D eigenvalue weighted by atomic mass is 28.2. The molecule has 0 saturated heterocycles. The smallest absolute Gasteiger partial charge is 0.237 e. The summed E-state index contributed by atoms with van der Waals surface area (Å²) in [5, 5.41) is 0.301. The highest BCUT2D eigenvalue weighted by Crippen LogP contribution is 2.31. The minimum atomic E-state index is 0.127. The summed E-state index contributed by atoms with van der Waals surface area (Å²) in [5.41, 5.74) is 0. The Kier molecular flexibility index (Phi) is 12.1. The van der Waals surface area contributed by atoms with E-state index in [1.807, 2.05) is 0 Å². The van der Waals surface area contributed by atoms with Gasteiger partial charge in [-0.1, -0.05) is 79.6 Å². The number of rotatable bonds is 11. The molecule has 0 amide bonds. The molecule has 21 heavy (non-hydrogen) atoms. The van der Waals surface area contributed by atoms with E-state index < -0.39 is 0 Å². The molecule has 2 heteroatoms. The van der Waals surface area contributed by atoms with Crippen LogP contribution in [0.3, 0.4) is 0 Å². The predicted molar refractivity (Wildman–Crippen MR) is 95.6 cm³/mol. The predicted octanol–water partition coefficient (Wildman–Crippen LogP) is 6.01. The second kappa shape index (κ2) is 12.3. The molecule has 0 rings (SSSR count). The van der Waals surface area contributed by atoms with Crippen LogP contribution in [-0.4, -0.2) is 15.9 Å². The van der Waals surface area contributed by atoms with Gasteiger partial charge in [0, 0.05) is 6.42 Å². The van der Waals surface area contributed by atoms with Crippen molar-refractivity contribution in [3.63, 3.8) is 0 Å². The van der Waals surface area contributed by atoms with Crippen LogP contribution in [-0.2, 0) is 4.43 Å². The fourth-order valence-corrected chi connectivity index (χ4v) is 3.13. The Morgan fingerprint density at radius 2 is 1.71 bits per heavy atom. The maximum Gasteiger partial charge on any atom is 0.237 e. The first-order valence-corrected chi connectivity index (χ1v) is 9.73. The highest BCUT2D eigenvalue weighted by molar-refractivity contribution is 6.32. The zero-order valence-corrected chi connectivity index (χ0v) is 16.2. The standard InChI is InChI=1S/C19H36OSi/c1-7-9-11-12-13-15-19(5,6)21-20-18(14-10-8-2)16-17(3)4/h17-18H,7-9,11-13,15-16H2,1-6H3. The summed E-state index contributed by atoms with van der Waals surface area (Å²) in [6, 6.07) is 0. The van der Waals surface area contributed by atoms with E-state index in [9.17, 15) is 0 Å². The van der Waals surface area contributed by atoms with Crippen molar-refractivity contribution in [2.24, 2.45) is 5.92 Å². The third kappa shape index (κ3) is 13.1. The lowest BCUT2D eigenvalue weighted by Gasteiger charge is -2.25. The Morgan fingerprint density at radius 1 is 1.05 bits per heavy atom. The Bertz CT molecular complexity index is 298. The van der Waals surface area contributed by atoms with E-state index in [4.69, 9.17) is 4.43 Å². The van der Waals surface area contributed by atoms with E-state index in [-0.39, 0.29) is 6.10 Å². The summed E-state index contributed by atoms with van der Waals surface area (Å²) in [5.74, 6) is 7.12. The molecule has 1 unspecified atom stereocenters. The third-order valence-electron chi connectivity index (χ3n) is 3.51. The lowest BCUT2D eigenvalue weighted by molar-refractivity contribution is 0.227. The van der Waals surface area contributed by atoms with Gasteiger partial charge in [-0.25, -0.2) is 0 Å². The second-order valence-electron chi connectivity index (χ2n) is 7.06. The van der Waals surface area contributed by atoms with Crippen molar-refractivity contribution in [2.75, 3.05) is 0 Å². The average Bonchev–Trinajstić information content (AvgIpc) is 2.41. The first-order chi connectivity index (χ1) is 9.91. The molecular formula is C19H36OSi. The molecule has 0 aromatic rings. The van der Waals surface area contributed by atoms with Gasteiger partial charge in [0.2, 0.25) is 9.76 Å². The monoisotopic (exact) mass is 308 g/mol. The molecule has 0 aliphatic heterocycles. The first kappa shape index (κ1) is 20.7. The fourth-order valence-electron chi connectivity index (χ4n) is 2.23. The van der Waals surface area contributed by atoms with Crippen molar-refractivity contribution in [1.29, 1.82) is 0 Å². The van der Waals surface area contributed by atoms with Crippen LogP contribution in [0.2, 0.25) is 5.04 Å². The van der Waals surface area contributed by atoms with Crippen molar-refractivity contribution >= 4 is 9.76 Å². The number of unbranched alkanes of at least 4 members (excludes halogenated alkanes) is 4. The van der Waals surface area contributed by atoms with Gasteiger partial charge >= 0.3 is 0 Å². The van der Waals surface area contributed by atoms with Crippen LogP contribution in [0, 0.1) is 17.8 Å². The van der Waals surface area contributed by atoms with Crippen LogP contribution < -0.4 is 0 Å². The SMILES string of the molecule is CCC#CC(CC(C)C)O[Si]C(C)(C)CCCCCCC. The van der Waals surface area contributed by atoms with Gasteiger partial charge in [0.15, 0.2) is 0 Å². The average molecular weight is 309 g/mol. The molecule has 0 aromatic heterocycles. The Balaban J connectivity index is 4.10. The molecule has 0 heterocycles. The first-order valence-electron chi connectivity index (χ1n) is 8.82. The second-order valence-corrected chi connectivity index (χ2v) is 8.85. The molecule has 0 saturated carbocycles. The molecule has 1 atom stereocenters. The summed E-state index contributed by atoms with van der Waals surface area (Å²) >= 11 is 0. The van der Waals surface area contributed by atoms with Crippen LogP contribution >= 0.6 is 0 Å². The molecule has 0 N–H and O–H groups in total. The van der Waals surface area contributed by atoms with Gasteiger partial charge in [-0.05, 0) is 23.8 Å². The summed E-state index contributed by atoms with van der Waals surface area (Å²) < 4.78 is 6.15. The Morgan fingerprint density at radius 3 is 2.29 bits per heavy atom. The van der Waals surface area contributed by atoms with Crippen LogP contribution in [0.15, 0.2) is 0 Å². The zero-order chi connectivity index (χ0) is 16.1. The minimum Gasteiger partial charge on any atom is -0.403 e. The zero-order valence-electron chi connectivity index (χ0n) is 15.2. The van der Waals surface area contributed by atoms with Gasteiger partial charge in [0.25, 0.3) is 0 Å². The van der Waals surface area contributed by atoms with Crippen molar-refractivity contribution in [3.05, 3.63) is 0 Å². The molecule has 122 valence electrons. The molecule has 0 fully saturated rings. The topological polar surface area (TPSA) is 9.23 Å². The number of hydrogen-bond acceptors (Lipinski definition) is 1.